The van der Waals surface area contributed by atoms with Gasteiger partial charge in [0.1, 0.15) is 0 Å². The van der Waals surface area contributed by atoms with E-state index < -0.39 is 0 Å². The van der Waals surface area contributed by atoms with Crippen molar-refractivity contribution < 1.29 is 4.42 Å². The summed E-state index contributed by atoms with van der Waals surface area (Å²) in [5.74, 6) is 0.747. The molecule has 0 unspecified atom stereocenters. The molecular weight excluding hydrogens is 346 g/mol. The molecular formula is C19H25N5OS. The zero-order chi connectivity index (χ0) is 18.8. The van der Waals surface area contributed by atoms with E-state index >= 15 is 0 Å². The van der Waals surface area contributed by atoms with Crippen LogP contribution < -0.4 is 10.6 Å². The number of hydrogen-bond donors (Lipinski definition) is 2. The van der Waals surface area contributed by atoms with E-state index in [0.717, 1.165) is 42.2 Å². The molecule has 0 spiro atoms. The molecule has 2 aromatic heterocycles. The van der Waals surface area contributed by atoms with E-state index in [-0.39, 0.29) is 0 Å². The summed E-state index contributed by atoms with van der Waals surface area (Å²) in [6, 6.07) is 7.85. The highest BCUT2D eigenvalue weighted by molar-refractivity contribution is 7.80. The molecule has 0 fully saturated rings. The predicted octanol–water partition coefficient (Wildman–Crippen LogP) is 4.25. The Kier molecular flexibility index (Phi) is 7.82. The van der Waals surface area contributed by atoms with Crippen molar-refractivity contribution in [2.24, 2.45) is 0 Å². The summed E-state index contributed by atoms with van der Waals surface area (Å²) < 4.78 is 7.35. The summed E-state index contributed by atoms with van der Waals surface area (Å²) in [6.07, 6.45) is 7.97. The van der Waals surface area contributed by atoms with E-state index in [1.54, 1.807) is 6.20 Å². The third-order valence-corrected chi connectivity index (χ3v) is 3.75. The van der Waals surface area contributed by atoms with Gasteiger partial charge in [-0.2, -0.15) is 0 Å². The molecule has 0 aliphatic rings. The topological polar surface area (TPSA) is 67.9 Å². The Labute approximate surface area is 159 Å². The number of benzene rings is 1. The zero-order valence-corrected chi connectivity index (χ0v) is 16.2. The lowest BCUT2D eigenvalue weighted by Crippen LogP contribution is -2.29. The van der Waals surface area contributed by atoms with Gasteiger partial charge in [-0.15, -0.1) is 0 Å². The van der Waals surface area contributed by atoms with Crippen LogP contribution in [0.2, 0.25) is 0 Å². The maximum atomic E-state index is 5.31. The van der Waals surface area contributed by atoms with Crippen LogP contribution in [0.5, 0.6) is 0 Å². The zero-order valence-electron chi connectivity index (χ0n) is 15.4. The number of aromatic nitrogens is 3. The Morgan fingerprint density at radius 3 is 2.62 bits per heavy atom. The number of imidazole rings is 1. The SMILES string of the molecule is CC.Cc1cn(CCCNC(=S)Nc2ccc(-c3cnco3)cc2)cn1. The number of thiocarbonyl (C=S) groups is 1. The second kappa shape index (κ2) is 10.4. The first-order valence-corrected chi connectivity index (χ1v) is 9.14. The molecule has 0 saturated heterocycles. The Morgan fingerprint density at radius 2 is 2.00 bits per heavy atom. The molecule has 6 nitrogen and oxygen atoms in total. The molecule has 0 amide bonds. The first kappa shape index (κ1) is 19.7. The monoisotopic (exact) mass is 371 g/mol. The minimum absolute atomic E-state index is 0.615. The van der Waals surface area contributed by atoms with Crippen molar-refractivity contribution in [1.82, 2.24) is 19.9 Å². The molecule has 7 heteroatoms. The Balaban J connectivity index is 0.00000117. The van der Waals surface area contributed by atoms with Gasteiger partial charge in [-0.05, 0) is 49.8 Å². The molecule has 2 N–H and O–H groups in total. The third kappa shape index (κ3) is 6.00. The van der Waals surface area contributed by atoms with Crippen molar-refractivity contribution in [2.75, 3.05) is 11.9 Å². The standard InChI is InChI=1S/C17H19N5OS.C2H6/c1-13-10-22(11-20-13)8-2-7-19-17(24)21-15-5-3-14(4-6-15)16-9-18-12-23-16;1-2/h3-6,9-12H,2,7-8H2,1H3,(H2,19,21,24);1-2H3. The molecule has 3 aromatic rings. The van der Waals surface area contributed by atoms with Crippen LogP contribution in [0.1, 0.15) is 26.0 Å². The number of hydrogen-bond acceptors (Lipinski definition) is 4. The largest absolute Gasteiger partial charge is 0.444 e. The van der Waals surface area contributed by atoms with Crippen molar-refractivity contribution >= 4 is 23.0 Å². The van der Waals surface area contributed by atoms with Crippen LogP contribution in [0, 0.1) is 6.92 Å². The summed E-state index contributed by atoms with van der Waals surface area (Å²) in [5, 5.41) is 7.00. The number of oxazole rings is 1. The van der Waals surface area contributed by atoms with Crippen LogP contribution >= 0.6 is 12.2 Å². The van der Waals surface area contributed by atoms with Crippen LogP contribution in [0.15, 0.2) is 53.8 Å². The molecule has 0 saturated carbocycles. The third-order valence-electron chi connectivity index (χ3n) is 3.50. The maximum Gasteiger partial charge on any atom is 0.181 e. The summed E-state index contributed by atoms with van der Waals surface area (Å²) in [7, 11) is 0. The maximum absolute atomic E-state index is 5.31. The second-order valence-electron chi connectivity index (χ2n) is 5.43. The molecule has 0 bridgehead atoms. The molecule has 1 aromatic carbocycles. The van der Waals surface area contributed by atoms with Crippen LogP contribution in [0.4, 0.5) is 5.69 Å². The molecule has 0 radical (unpaired) electrons. The summed E-state index contributed by atoms with van der Waals surface area (Å²) >= 11 is 5.31. The molecule has 0 aliphatic heterocycles. The minimum Gasteiger partial charge on any atom is -0.444 e. The Bertz CT molecular complexity index is 781. The van der Waals surface area contributed by atoms with Crippen LogP contribution in [-0.2, 0) is 6.54 Å². The number of aryl methyl sites for hydroxylation is 2. The predicted molar refractivity (Wildman–Crippen MR) is 109 cm³/mol. The van der Waals surface area contributed by atoms with Crippen molar-refractivity contribution in [1.29, 1.82) is 0 Å². The lowest BCUT2D eigenvalue weighted by atomic mass is 10.2. The normalized spacial score (nSPS) is 9.96. The van der Waals surface area contributed by atoms with E-state index in [4.69, 9.17) is 16.6 Å². The van der Waals surface area contributed by atoms with Crippen molar-refractivity contribution in [3.8, 4) is 11.3 Å². The minimum atomic E-state index is 0.615. The lowest BCUT2D eigenvalue weighted by Gasteiger charge is -2.11. The number of anilines is 1. The number of nitrogens with zero attached hydrogens (tertiary/aromatic N) is 3. The Hall–Kier alpha value is -2.67. The van der Waals surface area contributed by atoms with Gasteiger partial charge in [0.25, 0.3) is 0 Å². The first-order valence-electron chi connectivity index (χ1n) is 8.73. The summed E-state index contributed by atoms with van der Waals surface area (Å²) in [5.41, 5.74) is 2.95. The summed E-state index contributed by atoms with van der Waals surface area (Å²) in [4.78, 5) is 8.12. The molecule has 2 heterocycles. The summed E-state index contributed by atoms with van der Waals surface area (Å²) in [6.45, 7) is 7.71. The van der Waals surface area contributed by atoms with Crippen LogP contribution in [-0.4, -0.2) is 26.2 Å². The van der Waals surface area contributed by atoms with Gasteiger partial charge in [-0.1, -0.05) is 13.8 Å². The molecule has 0 atom stereocenters. The highest BCUT2D eigenvalue weighted by Crippen LogP contribution is 2.20. The fourth-order valence-electron chi connectivity index (χ4n) is 2.31. The highest BCUT2D eigenvalue weighted by atomic mass is 32.1. The van der Waals surface area contributed by atoms with E-state index in [9.17, 15) is 0 Å². The fourth-order valence-corrected chi connectivity index (χ4v) is 2.53. The van der Waals surface area contributed by atoms with Gasteiger partial charge in [-0.3, -0.25) is 0 Å². The van der Waals surface area contributed by atoms with E-state index in [0.29, 0.717) is 5.11 Å². The first-order chi connectivity index (χ1) is 12.7. The van der Waals surface area contributed by atoms with E-state index in [1.807, 2.05) is 57.6 Å². The van der Waals surface area contributed by atoms with Crippen molar-refractivity contribution in [2.45, 2.75) is 33.7 Å². The lowest BCUT2D eigenvalue weighted by molar-refractivity contribution is 0.572. The van der Waals surface area contributed by atoms with Crippen molar-refractivity contribution in [3.63, 3.8) is 0 Å². The van der Waals surface area contributed by atoms with Gasteiger partial charge in [0.2, 0.25) is 0 Å². The van der Waals surface area contributed by atoms with Gasteiger partial charge in [0, 0.05) is 30.5 Å². The van der Waals surface area contributed by atoms with Gasteiger partial charge < -0.3 is 19.6 Å². The van der Waals surface area contributed by atoms with E-state index in [2.05, 4.69) is 25.2 Å². The van der Waals surface area contributed by atoms with Gasteiger partial charge in [0.05, 0.1) is 18.2 Å². The number of nitrogens with one attached hydrogen (secondary N) is 2. The molecule has 3 rings (SSSR count). The fraction of sp³-hybridized carbons (Fsp3) is 0.316. The highest BCUT2D eigenvalue weighted by Gasteiger charge is 2.02. The average Bonchev–Trinajstić information content (AvgIpc) is 3.33. The molecule has 0 aliphatic carbocycles. The van der Waals surface area contributed by atoms with Gasteiger partial charge in [0.15, 0.2) is 17.3 Å². The Morgan fingerprint density at radius 1 is 1.23 bits per heavy atom. The molecule has 138 valence electrons. The van der Waals surface area contributed by atoms with Gasteiger partial charge >= 0.3 is 0 Å². The number of rotatable bonds is 6. The van der Waals surface area contributed by atoms with Crippen LogP contribution in [0.25, 0.3) is 11.3 Å². The van der Waals surface area contributed by atoms with Crippen molar-refractivity contribution in [3.05, 3.63) is 55.1 Å². The molecule has 26 heavy (non-hydrogen) atoms. The van der Waals surface area contributed by atoms with Gasteiger partial charge in [-0.25, -0.2) is 9.97 Å². The second-order valence-corrected chi connectivity index (χ2v) is 5.84. The van der Waals surface area contributed by atoms with E-state index in [1.165, 1.54) is 6.39 Å². The quantitative estimate of drug-likeness (QED) is 0.499. The van der Waals surface area contributed by atoms with Crippen LogP contribution in [0.3, 0.4) is 0 Å². The smallest absolute Gasteiger partial charge is 0.181 e. The average molecular weight is 372 g/mol.